The Labute approximate surface area is 205 Å². The van der Waals surface area contributed by atoms with Crippen LogP contribution in [0, 0.1) is 39.9 Å². The van der Waals surface area contributed by atoms with Crippen molar-refractivity contribution in [3.63, 3.8) is 0 Å². The Kier molecular flexibility index (Phi) is 7.74. The Morgan fingerprint density at radius 2 is 1.46 bits per heavy atom. The van der Waals surface area contributed by atoms with Crippen LogP contribution in [0.5, 0.6) is 0 Å². The second kappa shape index (κ2) is 10.1. The van der Waals surface area contributed by atoms with E-state index in [0.29, 0.717) is 24.7 Å². The molecule has 4 bridgehead atoms. The van der Waals surface area contributed by atoms with Crippen molar-refractivity contribution in [2.24, 2.45) is 39.9 Å². The molecule has 0 spiro atoms. The number of carboxylic acids is 2. The summed E-state index contributed by atoms with van der Waals surface area (Å²) in [5, 5.41) is 27.6. The Morgan fingerprint density at radius 1 is 0.914 bits per heavy atom. The van der Waals surface area contributed by atoms with E-state index in [0.717, 1.165) is 37.8 Å². The van der Waals surface area contributed by atoms with Gasteiger partial charge < -0.3 is 20.1 Å². The molecule has 0 aromatic heterocycles. The molecule has 192 valence electrons. The van der Waals surface area contributed by atoms with E-state index in [4.69, 9.17) is 5.11 Å². The number of hydrogen-bond donors (Lipinski definition) is 3. The van der Waals surface area contributed by atoms with Crippen LogP contribution in [0.3, 0.4) is 0 Å². The summed E-state index contributed by atoms with van der Waals surface area (Å²) in [5.41, 5.74) is -1.24. The van der Waals surface area contributed by atoms with Gasteiger partial charge in [-0.25, -0.2) is 9.59 Å². The van der Waals surface area contributed by atoms with Crippen LogP contribution in [0.1, 0.15) is 59.3 Å². The number of aliphatic hydroxyl groups is 1. The molecule has 0 amide bonds. The minimum atomic E-state index is -0.678. The maximum Gasteiger partial charge on any atom is 0.338 e. The number of cyclic esters (lactones) is 2. The number of aliphatic hydroxyl groups excluding tert-OH is 1. The van der Waals surface area contributed by atoms with Crippen molar-refractivity contribution in [1.29, 1.82) is 0 Å². The number of carbonyl (C=O) groups excluding carboxylic acids is 2. The van der Waals surface area contributed by atoms with E-state index in [1.165, 1.54) is 0 Å². The molecule has 2 fully saturated rings. The average Bonchev–Trinajstić information content (AvgIpc) is 3.59. The van der Waals surface area contributed by atoms with Crippen molar-refractivity contribution >= 4 is 23.9 Å². The number of rotatable bonds is 5. The van der Waals surface area contributed by atoms with Gasteiger partial charge in [0.15, 0.2) is 0 Å². The lowest BCUT2D eigenvalue weighted by atomic mass is 9.60. The predicted octanol–water partition coefficient (Wildman–Crippen LogP) is 3.75. The number of hydrogen-bond acceptors (Lipinski definition) is 6. The van der Waals surface area contributed by atoms with Gasteiger partial charge in [-0.05, 0) is 67.6 Å². The van der Waals surface area contributed by atoms with Gasteiger partial charge in [0.1, 0.15) is 0 Å². The van der Waals surface area contributed by atoms with Gasteiger partial charge >= 0.3 is 23.9 Å². The maximum atomic E-state index is 11.5. The standard InChI is InChI=1S/C12H18O2.C11H16O3.C4H2O3/c1-11(2,3)12(10(13)14)7-8-4-5-9(12)6-8;12-5-1-4-11(10(13)14)7-8-2-3-9(11)6-8;5-3-1-2-4(6)7-3/h4-5,8-9H,6-7H2,1-3H3,(H,13,14);2-3,8-9,12H,1,4-7H2,(H,13,14);1-2H. The average molecular weight is 489 g/mol. The third-order valence-electron chi connectivity index (χ3n) is 8.38. The van der Waals surface area contributed by atoms with E-state index in [9.17, 15) is 29.4 Å². The zero-order valence-electron chi connectivity index (χ0n) is 20.6. The Balaban J connectivity index is 0.000000155. The molecule has 0 aromatic carbocycles. The fourth-order valence-electron chi connectivity index (χ4n) is 6.58. The molecule has 1 aliphatic heterocycles. The highest BCUT2D eigenvalue weighted by molar-refractivity contribution is 6.04. The highest BCUT2D eigenvalue weighted by atomic mass is 16.6. The first-order valence-electron chi connectivity index (χ1n) is 12.2. The monoisotopic (exact) mass is 488 g/mol. The third-order valence-corrected chi connectivity index (χ3v) is 8.38. The minimum Gasteiger partial charge on any atom is -0.481 e. The van der Waals surface area contributed by atoms with Crippen molar-refractivity contribution in [1.82, 2.24) is 0 Å². The van der Waals surface area contributed by atoms with Gasteiger partial charge in [-0.3, -0.25) is 9.59 Å². The van der Waals surface area contributed by atoms with E-state index < -0.39 is 34.7 Å². The molecule has 35 heavy (non-hydrogen) atoms. The normalized spacial score (nSPS) is 35.4. The lowest BCUT2D eigenvalue weighted by Crippen LogP contribution is -2.46. The van der Waals surface area contributed by atoms with Crippen LogP contribution >= 0.6 is 0 Å². The molecule has 0 radical (unpaired) electrons. The van der Waals surface area contributed by atoms with Gasteiger partial charge in [-0.2, -0.15) is 0 Å². The number of ether oxygens (including phenoxy) is 1. The second-order valence-electron chi connectivity index (χ2n) is 11.3. The smallest absolute Gasteiger partial charge is 0.338 e. The zero-order chi connectivity index (χ0) is 26.0. The number of allylic oxidation sites excluding steroid dienone is 4. The molecule has 6 unspecified atom stereocenters. The van der Waals surface area contributed by atoms with Crippen molar-refractivity contribution in [3.05, 3.63) is 36.5 Å². The molecule has 0 saturated heterocycles. The molecule has 2 saturated carbocycles. The van der Waals surface area contributed by atoms with Gasteiger partial charge in [0.2, 0.25) is 0 Å². The number of fused-ring (bicyclic) bond motifs is 4. The molecule has 5 aliphatic rings. The minimum absolute atomic E-state index is 0.0934. The van der Waals surface area contributed by atoms with Gasteiger partial charge in [0, 0.05) is 18.8 Å². The summed E-state index contributed by atoms with van der Waals surface area (Å²) in [6, 6.07) is 0. The fraction of sp³-hybridized carbons (Fsp3) is 0.630. The van der Waals surface area contributed by atoms with E-state index >= 15 is 0 Å². The molecule has 1 heterocycles. The van der Waals surface area contributed by atoms with Crippen LogP contribution < -0.4 is 0 Å². The summed E-state index contributed by atoms with van der Waals surface area (Å²) < 4.78 is 3.97. The molecule has 8 heteroatoms. The quantitative estimate of drug-likeness (QED) is 0.302. The van der Waals surface area contributed by atoms with Gasteiger partial charge in [-0.15, -0.1) is 0 Å². The van der Waals surface area contributed by atoms with Crippen LogP contribution in [0.15, 0.2) is 36.5 Å². The first-order chi connectivity index (χ1) is 16.4. The summed E-state index contributed by atoms with van der Waals surface area (Å²) in [5.74, 6) is -1.01. The summed E-state index contributed by atoms with van der Waals surface area (Å²) >= 11 is 0. The number of aliphatic carboxylic acids is 2. The first-order valence-corrected chi connectivity index (χ1v) is 12.2. The molecule has 5 rings (SSSR count). The zero-order valence-corrected chi connectivity index (χ0v) is 20.6. The van der Waals surface area contributed by atoms with Crippen LogP contribution in [0.2, 0.25) is 0 Å². The number of carbonyl (C=O) groups is 4. The molecule has 0 aromatic rings. The molecule has 4 aliphatic carbocycles. The van der Waals surface area contributed by atoms with Gasteiger partial charge in [0.25, 0.3) is 0 Å². The van der Waals surface area contributed by atoms with Gasteiger partial charge in [0.05, 0.1) is 10.8 Å². The van der Waals surface area contributed by atoms with Crippen molar-refractivity contribution in [3.8, 4) is 0 Å². The maximum absolute atomic E-state index is 11.5. The van der Waals surface area contributed by atoms with Gasteiger partial charge in [-0.1, -0.05) is 45.1 Å². The van der Waals surface area contributed by atoms with Crippen LogP contribution in [-0.2, 0) is 23.9 Å². The summed E-state index contributed by atoms with van der Waals surface area (Å²) in [6.45, 7) is 6.25. The van der Waals surface area contributed by atoms with E-state index in [2.05, 4.69) is 49.8 Å². The van der Waals surface area contributed by atoms with E-state index in [-0.39, 0.29) is 23.9 Å². The first kappa shape index (κ1) is 26.9. The summed E-state index contributed by atoms with van der Waals surface area (Å²) in [6.07, 6.45) is 15.5. The van der Waals surface area contributed by atoms with Crippen molar-refractivity contribution in [2.75, 3.05) is 6.61 Å². The molecule has 8 nitrogen and oxygen atoms in total. The molecular formula is C27H36O8. The lowest BCUT2D eigenvalue weighted by molar-refractivity contribution is -0.159. The highest BCUT2D eigenvalue weighted by Crippen LogP contribution is 2.60. The van der Waals surface area contributed by atoms with Crippen molar-refractivity contribution in [2.45, 2.75) is 59.3 Å². The SMILES string of the molecule is CC(C)(C)C1(C(=O)O)CC2C=CC1C2.O=C(O)C1(CCCO)CC2C=CC1C2.O=C1C=CC(=O)O1. The number of esters is 2. The Bertz CT molecular complexity index is 939. The summed E-state index contributed by atoms with van der Waals surface area (Å²) in [4.78, 5) is 42.7. The topological polar surface area (TPSA) is 138 Å². The molecule has 3 N–H and O–H groups in total. The van der Waals surface area contributed by atoms with Crippen molar-refractivity contribution < 1.29 is 39.2 Å². The number of carboxylic acid groups (broad SMARTS) is 2. The molecule has 6 atom stereocenters. The van der Waals surface area contributed by atoms with Crippen LogP contribution in [0.25, 0.3) is 0 Å². The highest BCUT2D eigenvalue weighted by Gasteiger charge is 2.59. The van der Waals surface area contributed by atoms with E-state index in [1.54, 1.807) is 0 Å². The summed E-state index contributed by atoms with van der Waals surface area (Å²) in [7, 11) is 0. The lowest BCUT2D eigenvalue weighted by Gasteiger charge is -2.42. The second-order valence-corrected chi connectivity index (χ2v) is 11.3. The molecular weight excluding hydrogens is 452 g/mol. The Morgan fingerprint density at radius 3 is 1.71 bits per heavy atom. The third kappa shape index (κ3) is 5.13. The Hall–Kier alpha value is -2.74. The fourth-order valence-corrected chi connectivity index (χ4v) is 6.58. The largest absolute Gasteiger partial charge is 0.481 e. The predicted molar refractivity (Wildman–Crippen MR) is 127 cm³/mol. The van der Waals surface area contributed by atoms with Crippen LogP contribution in [-0.4, -0.2) is 45.8 Å². The van der Waals surface area contributed by atoms with Crippen LogP contribution in [0.4, 0.5) is 0 Å². The van der Waals surface area contributed by atoms with E-state index in [1.807, 2.05) is 0 Å².